The van der Waals surface area contributed by atoms with E-state index in [9.17, 15) is 13.6 Å². The minimum absolute atomic E-state index is 0.189. The number of nitrogens with one attached hydrogen (secondary N) is 2. The second-order valence-corrected chi connectivity index (χ2v) is 10.7. The molecule has 1 aromatic heterocycles. The summed E-state index contributed by atoms with van der Waals surface area (Å²) in [5.41, 5.74) is 2.87. The molecular formula is C29H31F2N5OS. The van der Waals surface area contributed by atoms with Crippen molar-refractivity contribution in [2.75, 3.05) is 39.3 Å². The lowest BCUT2D eigenvalue weighted by Crippen LogP contribution is -2.30. The Labute approximate surface area is 224 Å². The van der Waals surface area contributed by atoms with Crippen molar-refractivity contribution in [3.63, 3.8) is 0 Å². The van der Waals surface area contributed by atoms with Crippen molar-refractivity contribution in [1.82, 2.24) is 20.5 Å². The van der Waals surface area contributed by atoms with Crippen LogP contribution in [0.5, 0.6) is 0 Å². The number of amides is 1. The van der Waals surface area contributed by atoms with Crippen LogP contribution in [-0.2, 0) is 5.92 Å². The number of hydrogen-bond donors (Lipinski definition) is 2. The monoisotopic (exact) mass is 535 g/mol. The molecule has 0 radical (unpaired) electrons. The van der Waals surface area contributed by atoms with E-state index in [1.54, 1.807) is 11.3 Å². The first kappa shape index (κ1) is 26.3. The molecule has 1 amide bonds. The number of hydrogen-bond acceptors (Lipinski definition) is 6. The average Bonchev–Trinajstić information content (AvgIpc) is 3.12. The van der Waals surface area contributed by atoms with Gasteiger partial charge in [0.1, 0.15) is 15.0 Å². The summed E-state index contributed by atoms with van der Waals surface area (Å²) in [4.78, 5) is 25.0. The molecule has 198 valence electrons. The largest absolute Gasteiger partial charge is 0.325 e. The van der Waals surface area contributed by atoms with Crippen LogP contribution >= 0.6 is 11.3 Å². The van der Waals surface area contributed by atoms with Gasteiger partial charge in [0.25, 0.3) is 11.8 Å². The van der Waals surface area contributed by atoms with Crippen molar-refractivity contribution in [2.45, 2.75) is 25.7 Å². The molecule has 0 saturated carbocycles. The van der Waals surface area contributed by atoms with Crippen molar-refractivity contribution in [3.05, 3.63) is 92.1 Å². The summed E-state index contributed by atoms with van der Waals surface area (Å²) in [5, 5.41) is 8.07. The van der Waals surface area contributed by atoms with Crippen LogP contribution in [0.25, 0.3) is 11.6 Å². The van der Waals surface area contributed by atoms with Gasteiger partial charge in [0.2, 0.25) is 0 Å². The first-order valence-electron chi connectivity index (χ1n) is 12.9. The molecule has 38 heavy (non-hydrogen) atoms. The van der Waals surface area contributed by atoms with Crippen LogP contribution in [0.1, 0.15) is 40.7 Å². The summed E-state index contributed by atoms with van der Waals surface area (Å²) in [6.07, 6.45) is 13.5. The summed E-state index contributed by atoms with van der Waals surface area (Å²) in [6, 6.07) is 5.58. The molecule has 5 rings (SSSR count). The molecule has 1 aliphatic carbocycles. The zero-order chi connectivity index (χ0) is 26.5. The van der Waals surface area contributed by atoms with Crippen molar-refractivity contribution >= 4 is 28.9 Å². The van der Waals surface area contributed by atoms with Gasteiger partial charge in [0.15, 0.2) is 0 Å². The summed E-state index contributed by atoms with van der Waals surface area (Å²) in [7, 11) is 0. The molecule has 1 aromatic carbocycles. The molecule has 1 fully saturated rings. The predicted molar refractivity (Wildman–Crippen MR) is 148 cm³/mol. The van der Waals surface area contributed by atoms with Gasteiger partial charge in [-0.1, -0.05) is 47.8 Å². The molecule has 3 heterocycles. The van der Waals surface area contributed by atoms with Gasteiger partial charge in [0.05, 0.1) is 6.54 Å². The molecule has 2 aromatic rings. The smallest absolute Gasteiger partial charge is 0.270 e. The first-order valence-corrected chi connectivity index (χ1v) is 13.7. The fraction of sp³-hybridized carbons (Fsp3) is 0.345. The lowest BCUT2D eigenvalue weighted by molar-refractivity contribution is 0.0174. The van der Waals surface area contributed by atoms with Gasteiger partial charge in [-0.2, -0.15) is 0 Å². The van der Waals surface area contributed by atoms with Crippen LogP contribution in [0.3, 0.4) is 0 Å². The molecule has 0 unspecified atom stereocenters. The van der Waals surface area contributed by atoms with E-state index in [2.05, 4.69) is 27.7 Å². The molecule has 2 aliphatic heterocycles. The van der Waals surface area contributed by atoms with Gasteiger partial charge < -0.3 is 10.6 Å². The fourth-order valence-electron chi connectivity index (χ4n) is 4.63. The minimum atomic E-state index is -3.01. The summed E-state index contributed by atoms with van der Waals surface area (Å²) in [5.74, 6) is -3.44. The number of allylic oxidation sites excluding steroid dienone is 5. The number of carbonyl (C=O) groups is 1. The first-order chi connectivity index (χ1) is 18.3. The Hall–Kier alpha value is -3.27. The van der Waals surface area contributed by atoms with Crippen molar-refractivity contribution in [3.8, 4) is 0 Å². The van der Waals surface area contributed by atoms with E-state index < -0.39 is 11.8 Å². The number of nitrogens with zero attached hydrogens (tertiary/aromatic N) is 3. The number of aromatic nitrogens is 1. The molecule has 9 heteroatoms. The highest BCUT2D eigenvalue weighted by atomic mass is 32.1. The van der Waals surface area contributed by atoms with Crippen molar-refractivity contribution < 1.29 is 13.6 Å². The number of carbonyl (C=O) groups excluding carboxylic acids is 1. The summed E-state index contributed by atoms with van der Waals surface area (Å²) < 4.78 is 28.4. The van der Waals surface area contributed by atoms with Gasteiger partial charge in [0, 0.05) is 49.8 Å². The Morgan fingerprint density at radius 3 is 2.95 bits per heavy atom. The fourth-order valence-corrected chi connectivity index (χ4v) is 5.57. The van der Waals surface area contributed by atoms with Crippen LogP contribution in [-0.4, -0.2) is 55.1 Å². The standard InChI is InChI=1S/C29H31F2N5OS/c1-29(30,31)23-8-4-7-21(17-23)26(37)34-24-9-3-2-6-22(18-24)27-35-25-16-20(10-12-33-28(25)38-27)19-36-14-5-11-32-13-15-36/h2-4,6-10,16-17,32H,5,11-15,18-19H2,1H3,(H,34,37). The van der Waals surface area contributed by atoms with Gasteiger partial charge in [-0.05, 0) is 54.9 Å². The number of fused-ring (bicyclic) bond motifs is 1. The topological polar surface area (TPSA) is 69.6 Å². The molecular weight excluding hydrogens is 504 g/mol. The van der Waals surface area contributed by atoms with Crippen LogP contribution < -0.4 is 20.7 Å². The Balaban J connectivity index is 1.31. The van der Waals surface area contributed by atoms with Crippen LogP contribution in [0.2, 0.25) is 0 Å². The molecule has 6 nitrogen and oxygen atoms in total. The molecule has 0 bridgehead atoms. The molecule has 0 atom stereocenters. The maximum absolute atomic E-state index is 13.7. The molecule has 2 N–H and O–H groups in total. The normalized spacial score (nSPS) is 18.4. The second-order valence-electron chi connectivity index (χ2n) is 9.72. The van der Waals surface area contributed by atoms with E-state index >= 15 is 0 Å². The van der Waals surface area contributed by atoms with Gasteiger partial charge >= 0.3 is 0 Å². The number of halogens is 2. The maximum Gasteiger partial charge on any atom is 0.270 e. The Morgan fingerprint density at radius 1 is 1.21 bits per heavy atom. The van der Waals surface area contributed by atoms with Gasteiger partial charge in [-0.3, -0.25) is 14.7 Å². The van der Waals surface area contributed by atoms with E-state index in [1.807, 2.05) is 24.3 Å². The lowest BCUT2D eigenvalue weighted by Gasteiger charge is -2.19. The summed E-state index contributed by atoms with van der Waals surface area (Å²) in [6.45, 7) is 6.52. The minimum Gasteiger partial charge on any atom is -0.325 e. The van der Waals surface area contributed by atoms with Crippen molar-refractivity contribution in [2.24, 2.45) is 4.99 Å². The molecule has 1 saturated heterocycles. The van der Waals surface area contributed by atoms with Crippen LogP contribution in [0.4, 0.5) is 8.78 Å². The van der Waals surface area contributed by atoms with Gasteiger partial charge in [-0.25, -0.2) is 13.8 Å². The van der Waals surface area contributed by atoms with Crippen LogP contribution in [0, 0.1) is 0 Å². The maximum atomic E-state index is 13.7. The Morgan fingerprint density at radius 2 is 2.08 bits per heavy atom. The summed E-state index contributed by atoms with van der Waals surface area (Å²) >= 11 is 1.55. The number of rotatable bonds is 6. The SMILES string of the molecule is CC(F)(F)c1cccc(C(=O)NC2=CC=CC=C(c3nc4c(s3)=NCC=C(CN3CCCNCC3)C=4)C2)c1. The van der Waals surface area contributed by atoms with E-state index in [-0.39, 0.29) is 11.1 Å². The quantitative estimate of drug-likeness (QED) is 0.594. The Kier molecular flexibility index (Phi) is 8.06. The lowest BCUT2D eigenvalue weighted by atomic mass is 10.1. The van der Waals surface area contributed by atoms with E-state index in [0.29, 0.717) is 18.7 Å². The predicted octanol–water partition coefficient (Wildman–Crippen LogP) is 3.55. The highest BCUT2D eigenvalue weighted by Gasteiger charge is 2.25. The third kappa shape index (κ3) is 6.59. The second kappa shape index (κ2) is 11.6. The average molecular weight is 536 g/mol. The van der Waals surface area contributed by atoms with E-state index in [0.717, 1.165) is 66.7 Å². The molecule has 0 spiro atoms. The Bertz CT molecular complexity index is 1440. The van der Waals surface area contributed by atoms with E-state index in [4.69, 9.17) is 9.98 Å². The van der Waals surface area contributed by atoms with Crippen LogP contribution in [0.15, 0.2) is 70.9 Å². The number of alkyl halides is 2. The van der Waals surface area contributed by atoms with E-state index in [1.165, 1.54) is 29.8 Å². The number of thiazole rings is 1. The zero-order valence-electron chi connectivity index (χ0n) is 21.3. The zero-order valence-corrected chi connectivity index (χ0v) is 22.2. The number of benzene rings is 1. The third-order valence-electron chi connectivity index (χ3n) is 6.65. The van der Waals surface area contributed by atoms with Gasteiger partial charge in [-0.15, -0.1) is 0 Å². The highest BCUT2D eigenvalue weighted by Crippen LogP contribution is 2.28. The molecule has 3 aliphatic rings. The third-order valence-corrected chi connectivity index (χ3v) is 7.73. The highest BCUT2D eigenvalue weighted by molar-refractivity contribution is 7.10. The van der Waals surface area contributed by atoms with Crippen molar-refractivity contribution in [1.29, 1.82) is 0 Å².